The van der Waals surface area contributed by atoms with Gasteiger partial charge in [-0.1, -0.05) is 45.3 Å². The second-order valence-electron chi connectivity index (χ2n) is 6.17. The second-order valence-corrected chi connectivity index (χ2v) is 6.17. The maximum absolute atomic E-state index is 11.1. The van der Waals surface area contributed by atoms with Crippen molar-refractivity contribution in [3.63, 3.8) is 0 Å². The van der Waals surface area contributed by atoms with Crippen LogP contribution in [0, 0.1) is 0 Å². The third-order valence-corrected chi connectivity index (χ3v) is 3.72. The van der Waals surface area contributed by atoms with E-state index in [-0.39, 0.29) is 18.0 Å². The van der Waals surface area contributed by atoms with Crippen LogP contribution in [0.1, 0.15) is 78.6 Å². The van der Waals surface area contributed by atoms with Crippen LogP contribution in [0.25, 0.3) is 0 Å². The van der Waals surface area contributed by atoms with Gasteiger partial charge in [-0.15, -0.1) is 0 Å². The Kier molecular flexibility index (Phi) is 14.0. The topological polar surface area (TPSA) is 52.6 Å². The highest BCUT2D eigenvalue weighted by Gasteiger charge is 2.17. The van der Waals surface area contributed by atoms with Crippen molar-refractivity contribution in [2.45, 2.75) is 84.7 Å². The molecule has 1 saturated carbocycles. The van der Waals surface area contributed by atoms with Crippen molar-refractivity contribution < 1.29 is 19.1 Å². The molecule has 0 spiro atoms. The van der Waals surface area contributed by atoms with Crippen molar-refractivity contribution in [3.8, 4) is 0 Å². The van der Waals surface area contributed by atoms with Gasteiger partial charge in [0.05, 0.1) is 6.61 Å². The Morgan fingerprint density at radius 1 is 1.12 bits per heavy atom. The third-order valence-electron chi connectivity index (χ3n) is 3.72. The molecular formula is C20H34O4. The van der Waals surface area contributed by atoms with Gasteiger partial charge < -0.3 is 9.47 Å². The number of rotatable bonds is 8. The maximum Gasteiger partial charge on any atom is 0.333 e. The van der Waals surface area contributed by atoms with Crippen LogP contribution < -0.4 is 0 Å². The molecule has 0 heterocycles. The van der Waals surface area contributed by atoms with Crippen LogP contribution in [0.3, 0.4) is 0 Å². The van der Waals surface area contributed by atoms with Crippen LogP contribution in [0.4, 0.5) is 0 Å². The normalized spacial score (nSPS) is 14.6. The molecular weight excluding hydrogens is 304 g/mol. The lowest BCUT2D eigenvalue weighted by molar-refractivity contribution is -0.145. The Bertz CT molecular complexity index is 392. The van der Waals surface area contributed by atoms with E-state index in [0.29, 0.717) is 12.2 Å². The molecule has 0 aromatic rings. The smallest absolute Gasteiger partial charge is 0.333 e. The number of ether oxygens (including phenoxy) is 2. The molecule has 0 amide bonds. The molecule has 138 valence electrons. The van der Waals surface area contributed by atoms with E-state index in [1.807, 2.05) is 0 Å². The first-order valence-corrected chi connectivity index (χ1v) is 9.17. The van der Waals surface area contributed by atoms with Gasteiger partial charge in [0.15, 0.2) is 0 Å². The van der Waals surface area contributed by atoms with Crippen LogP contribution in [0.5, 0.6) is 0 Å². The van der Waals surface area contributed by atoms with E-state index >= 15 is 0 Å². The quantitative estimate of drug-likeness (QED) is 0.350. The molecule has 1 aliphatic carbocycles. The van der Waals surface area contributed by atoms with Crippen molar-refractivity contribution in [2.75, 3.05) is 6.61 Å². The lowest BCUT2D eigenvalue weighted by atomic mass is 9.98. The minimum Gasteiger partial charge on any atom is -0.463 e. The van der Waals surface area contributed by atoms with Crippen molar-refractivity contribution in [2.24, 2.45) is 0 Å². The SMILES string of the molecule is C=C(C)C(=O)OC1CCCCC1.CC=CC(=O)OCCCCCC. The lowest BCUT2D eigenvalue weighted by Gasteiger charge is -2.21. The van der Waals surface area contributed by atoms with E-state index in [1.54, 1.807) is 19.9 Å². The van der Waals surface area contributed by atoms with Gasteiger partial charge in [0, 0.05) is 11.6 Å². The summed E-state index contributed by atoms with van der Waals surface area (Å²) in [6.07, 6.45) is 13.6. The van der Waals surface area contributed by atoms with Gasteiger partial charge in [-0.25, -0.2) is 9.59 Å². The van der Waals surface area contributed by atoms with Gasteiger partial charge in [-0.3, -0.25) is 0 Å². The fourth-order valence-electron chi connectivity index (χ4n) is 2.32. The molecule has 4 heteroatoms. The van der Waals surface area contributed by atoms with Crippen molar-refractivity contribution in [3.05, 3.63) is 24.3 Å². The summed E-state index contributed by atoms with van der Waals surface area (Å²) in [5, 5.41) is 0. The number of allylic oxidation sites excluding steroid dienone is 1. The molecule has 0 aromatic heterocycles. The number of carbonyl (C=O) groups is 2. The summed E-state index contributed by atoms with van der Waals surface area (Å²) < 4.78 is 10.1. The van der Waals surface area contributed by atoms with Gasteiger partial charge in [0.1, 0.15) is 6.10 Å². The highest BCUT2D eigenvalue weighted by molar-refractivity contribution is 5.87. The molecule has 0 atom stereocenters. The number of carbonyl (C=O) groups excluding carboxylic acids is 2. The van der Waals surface area contributed by atoms with E-state index in [2.05, 4.69) is 13.5 Å². The summed E-state index contributed by atoms with van der Waals surface area (Å²) in [4.78, 5) is 21.9. The summed E-state index contributed by atoms with van der Waals surface area (Å²) in [6, 6.07) is 0. The number of esters is 2. The van der Waals surface area contributed by atoms with Crippen molar-refractivity contribution in [1.82, 2.24) is 0 Å². The number of hydrogen-bond acceptors (Lipinski definition) is 4. The summed E-state index contributed by atoms with van der Waals surface area (Å²) in [5.74, 6) is -0.462. The Morgan fingerprint density at radius 2 is 1.79 bits per heavy atom. The molecule has 0 saturated heterocycles. The standard InChI is InChI=1S/C10H16O2.C10H18O2/c1-8(2)10(11)12-9-6-4-3-5-7-9;1-3-5-6-7-9-12-10(11)8-4-2/h9H,1,3-7H2,2H3;4,8H,3,5-7,9H2,1-2H3. The molecule has 4 nitrogen and oxygen atoms in total. The molecule has 0 aromatic carbocycles. The number of hydrogen-bond donors (Lipinski definition) is 0. The highest BCUT2D eigenvalue weighted by atomic mass is 16.5. The molecule has 0 aliphatic heterocycles. The second kappa shape index (κ2) is 15.0. The van der Waals surface area contributed by atoms with Crippen molar-refractivity contribution in [1.29, 1.82) is 0 Å². The zero-order valence-electron chi connectivity index (χ0n) is 15.6. The van der Waals surface area contributed by atoms with Crippen LogP contribution >= 0.6 is 0 Å². The van der Waals surface area contributed by atoms with Gasteiger partial charge in [0.2, 0.25) is 0 Å². The Morgan fingerprint density at radius 3 is 2.33 bits per heavy atom. The van der Waals surface area contributed by atoms with Gasteiger partial charge >= 0.3 is 11.9 Å². The minimum absolute atomic E-state index is 0.156. The van der Waals surface area contributed by atoms with Crippen LogP contribution in [-0.2, 0) is 19.1 Å². The molecule has 0 unspecified atom stereocenters. The largest absolute Gasteiger partial charge is 0.463 e. The minimum atomic E-state index is -0.234. The Hall–Kier alpha value is -1.58. The van der Waals surface area contributed by atoms with Crippen LogP contribution in [0.15, 0.2) is 24.3 Å². The zero-order chi connectivity index (χ0) is 18.2. The molecule has 0 bridgehead atoms. The highest BCUT2D eigenvalue weighted by Crippen LogP contribution is 2.20. The van der Waals surface area contributed by atoms with Gasteiger partial charge in [-0.2, -0.15) is 0 Å². The fourth-order valence-corrected chi connectivity index (χ4v) is 2.32. The van der Waals surface area contributed by atoms with E-state index in [0.717, 1.165) is 25.7 Å². The maximum atomic E-state index is 11.1. The van der Waals surface area contributed by atoms with E-state index < -0.39 is 0 Å². The molecule has 1 aliphatic rings. The Balaban J connectivity index is 0.000000441. The predicted octanol–water partition coefficient (Wildman–Crippen LogP) is 5.12. The van der Waals surface area contributed by atoms with Gasteiger partial charge in [-0.05, 0) is 46.0 Å². The molecule has 1 fully saturated rings. The first-order valence-electron chi connectivity index (χ1n) is 9.17. The lowest BCUT2D eigenvalue weighted by Crippen LogP contribution is -2.20. The summed E-state index contributed by atoms with van der Waals surface area (Å²) >= 11 is 0. The third kappa shape index (κ3) is 12.9. The average Bonchev–Trinajstić information content (AvgIpc) is 2.56. The molecule has 24 heavy (non-hydrogen) atoms. The fraction of sp³-hybridized carbons (Fsp3) is 0.700. The van der Waals surface area contributed by atoms with E-state index in [4.69, 9.17) is 9.47 Å². The van der Waals surface area contributed by atoms with E-state index in [9.17, 15) is 9.59 Å². The number of unbranched alkanes of at least 4 members (excludes halogenated alkanes) is 3. The van der Waals surface area contributed by atoms with Crippen molar-refractivity contribution >= 4 is 11.9 Å². The molecule has 0 radical (unpaired) electrons. The van der Waals surface area contributed by atoms with Crippen LogP contribution in [0.2, 0.25) is 0 Å². The average molecular weight is 338 g/mol. The zero-order valence-corrected chi connectivity index (χ0v) is 15.6. The summed E-state index contributed by atoms with van der Waals surface area (Å²) in [5.41, 5.74) is 0.501. The predicted molar refractivity (Wildman–Crippen MR) is 97.7 cm³/mol. The first kappa shape index (κ1) is 22.4. The summed E-state index contributed by atoms with van der Waals surface area (Å²) in [6.45, 7) is 9.75. The first-order chi connectivity index (χ1) is 11.5. The Labute approximate surface area is 147 Å². The monoisotopic (exact) mass is 338 g/mol. The van der Waals surface area contributed by atoms with Crippen LogP contribution in [-0.4, -0.2) is 24.6 Å². The molecule has 0 N–H and O–H groups in total. The van der Waals surface area contributed by atoms with E-state index in [1.165, 1.54) is 38.2 Å². The molecule has 1 rings (SSSR count). The summed E-state index contributed by atoms with van der Waals surface area (Å²) in [7, 11) is 0. The van der Waals surface area contributed by atoms with Gasteiger partial charge in [0.25, 0.3) is 0 Å².